The van der Waals surface area contributed by atoms with Gasteiger partial charge in [-0.3, -0.25) is 0 Å². The molecular formula is C4H11I2N-2. The van der Waals surface area contributed by atoms with Gasteiger partial charge in [-0.25, -0.2) is 0 Å². The fraction of sp³-hybridized carbons (Fsp3) is 1.00. The number of halogens is 2. The van der Waals surface area contributed by atoms with Crippen LogP contribution in [0.5, 0.6) is 0 Å². The van der Waals surface area contributed by atoms with E-state index in [1.807, 2.05) is 0 Å². The Bertz CT molecular complexity index is 31.2. The van der Waals surface area contributed by atoms with Crippen LogP contribution in [0.1, 0.15) is 0 Å². The second-order valence-corrected chi connectivity index (χ2v) is 8.95. The molecule has 0 spiro atoms. The zero-order valence-corrected chi connectivity index (χ0v) is 8.93. The van der Waals surface area contributed by atoms with E-state index in [0.717, 1.165) is 8.48 Å². The molecule has 0 amide bonds. The summed E-state index contributed by atoms with van der Waals surface area (Å²) in [7, 11) is 0. The molecule has 3 heteroatoms. The number of rotatable bonds is 3. The summed E-state index contributed by atoms with van der Waals surface area (Å²) in [6, 6.07) is 0. The van der Waals surface area contributed by atoms with E-state index in [9.17, 15) is 0 Å². The molecule has 0 radical (unpaired) electrons. The molecule has 0 aliphatic heterocycles. The Labute approximate surface area is 65.9 Å². The maximum atomic E-state index is 5.45. The van der Waals surface area contributed by atoms with Crippen molar-refractivity contribution in [1.29, 1.82) is 0 Å². The molecule has 48 valence electrons. The molecule has 0 aromatic heterocycles. The SMILES string of the molecule is C[I-]C(CN)[I-]C. The third-order valence-electron chi connectivity index (χ3n) is 0.652. The number of nitrogens with two attached hydrogens (primary N) is 1. The van der Waals surface area contributed by atoms with Gasteiger partial charge in [0.25, 0.3) is 0 Å². The summed E-state index contributed by atoms with van der Waals surface area (Å²) in [4.78, 5) is 4.64. The quantitative estimate of drug-likeness (QED) is 0.405. The first-order valence-electron chi connectivity index (χ1n) is 2.01. The summed E-state index contributed by atoms with van der Waals surface area (Å²) in [5.74, 6) is 0. The van der Waals surface area contributed by atoms with Crippen molar-refractivity contribution in [1.82, 2.24) is 0 Å². The van der Waals surface area contributed by atoms with Crippen LogP contribution in [0.25, 0.3) is 0 Å². The van der Waals surface area contributed by atoms with Gasteiger partial charge in [-0.05, 0) is 0 Å². The summed E-state index contributed by atoms with van der Waals surface area (Å²) in [5, 5.41) is 0. The Morgan fingerprint density at radius 3 is 1.86 bits per heavy atom. The predicted octanol–water partition coefficient (Wildman–Crippen LogP) is -6.29. The molecule has 0 aromatic rings. The van der Waals surface area contributed by atoms with Crippen LogP contribution in [0.15, 0.2) is 0 Å². The van der Waals surface area contributed by atoms with E-state index >= 15 is 0 Å². The fourth-order valence-corrected chi connectivity index (χ4v) is 4.91. The molecule has 7 heavy (non-hydrogen) atoms. The van der Waals surface area contributed by atoms with Crippen molar-refractivity contribution in [2.75, 3.05) is 16.4 Å². The van der Waals surface area contributed by atoms with Crippen LogP contribution in [0.2, 0.25) is 0 Å². The van der Waals surface area contributed by atoms with Crippen LogP contribution in [0.3, 0.4) is 0 Å². The minimum atomic E-state index is 0.465. The van der Waals surface area contributed by atoms with Gasteiger partial charge in [0.15, 0.2) is 0 Å². The Kier molecular flexibility index (Phi) is 6.68. The topological polar surface area (TPSA) is 26.0 Å². The fourth-order valence-electron chi connectivity index (χ4n) is 0.261. The first kappa shape index (κ1) is 8.42. The zero-order valence-electron chi connectivity index (χ0n) is 4.62. The molecular weight excluding hydrogens is 316 g/mol. The predicted molar refractivity (Wildman–Crippen MR) is 24.7 cm³/mol. The van der Waals surface area contributed by atoms with Gasteiger partial charge >= 0.3 is 66.5 Å². The summed E-state index contributed by atoms with van der Waals surface area (Å²) in [5.41, 5.74) is 5.45. The molecule has 0 unspecified atom stereocenters. The normalized spacial score (nSPS) is 11.4. The van der Waals surface area contributed by atoms with E-state index in [-0.39, 0.29) is 0 Å². The van der Waals surface area contributed by atoms with Crippen LogP contribution >= 0.6 is 0 Å². The van der Waals surface area contributed by atoms with Gasteiger partial charge in [0.2, 0.25) is 0 Å². The van der Waals surface area contributed by atoms with E-state index in [4.69, 9.17) is 5.73 Å². The molecule has 0 atom stereocenters. The summed E-state index contributed by atoms with van der Waals surface area (Å²) in [6.07, 6.45) is 0. The first-order valence-corrected chi connectivity index (χ1v) is 8.82. The van der Waals surface area contributed by atoms with Crippen molar-refractivity contribution in [2.24, 2.45) is 5.73 Å². The Morgan fingerprint density at radius 2 is 1.86 bits per heavy atom. The average Bonchev–Trinajstić information content (AvgIpc) is 1.72. The molecule has 0 saturated carbocycles. The van der Waals surface area contributed by atoms with Crippen LogP contribution in [-0.2, 0) is 0 Å². The standard InChI is InChI=1S/C4H11I2N/c1-5-4(3-7)6-2/h4H,3,7H2,1-2H3/q-2. The third kappa shape index (κ3) is 3.96. The molecule has 0 aliphatic rings. The van der Waals surface area contributed by atoms with Crippen molar-refractivity contribution < 1.29 is 42.4 Å². The summed E-state index contributed by atoms with van der Waals surface area (Å²) in [6.45, 7) is 0.952. The van der Waals surface area contributed by atoms with Crippen molar-refractivity contribution in [3.63, 3.8) is 0 Å². The van der Waals surface area contributed by atoms with Crippen LogP contribution in [-0.4, -0.2) is 18.3 Å². The van der Waals surface area contributed by atoms with Crippen LogP contribution in [0, 0.1) is 0 Å². The minimum absolute atomic E-state index is 0.465. The summed E-state index contributed by atoms with van der Waals surface area (Å²) < 4.78 is 0.984. The van der Waals surface area contributed by atoms with Gasteiger partial charge in [-0.1, -0.05) is 0 Å². The Morgan fingerprint density at radius 1 is 1.43 bits per heavy atom. The molecule has 0 fully saturated rings. The van der Waals surface area contributed by atoms with E-state index in [0.29, 0.717) is 42.4 Å². The van der Waals surface area contributed by atoms with Gasteiger partial charge in [0.05, 0.1) is 0 Å². The number of hydrogen-bond donors (Lipinski definition) is 1. The van der Waals surface area contributed by atoms with Gasteiger partial charge < -0.3 is 0 Å². The number of alkyl halides is 4. The molecule has 0 heterocycles. The van der Waals surface area contributed by atoms with Crippen molar-refractivity contribution in [3.05, 3.63) is 0 Å². The van der Waals surface area contributed by atoms with Gasteiger partial charge in [0.1, 0.15) is 0 Å². The monoisotopic (exact) mass is 327 g/mol. The second kappa shape index (κ2) is 5.55. The Balaban J connectivity index is 2.99. The van der Waals surface area contributed by atoms with E-state index in [2.05, 4.69) is 9.86 Å². The van der Waals surface area contributed by atoms with Crippen molar-refractivity contribution >= 4 is 0 Å². The molecule has 0 bridgehead atoms. The van der Waals surface area contributed by atoms with Crippen molar-refractivity contribution in [3.8, 4) is 0 Å². The second-order valence-electron chi connectivity index (χ2n) is 1.06. The molecule has 1 nitrogen and oxygen atoms in total. The Hall–Kier alpha value is 1.42. The molecule has 0 saturated heterocycles. The van der Waals surface area contributed by atoms with Gasteiger partial charge in [-0.15, -0.1) is 0 Å². The zero-order chi connectivity index (χ0) is 5.70. The average molecular weight is 327 g/mol. The molecule has 0 aromatic carbocycles. The third-order valence-corrected chi connectivity index (χ3v) is 10.7. The molecule has 2 N–H and O–H groups in total. The van der Waals surface area contributed by atoms with Gasteiger partial charge in [-0.2, -0.15) is 0 Å². The molecule has 0 rings (SSSR count). The number of hydrogen-bond acceptors (Lipinski definition) is 1. The van der Waals surface area contributed by atoms with Gasteiger partial charge in [0, 0.05) is 0 Å². The van der Waals surface area contributed by atoms with Crippen molar-refractivity contribution in [2.45, 2.75) is 1.93 Å². The first-order chi connectivity index (χ1) is 3.35. The van der Waals surface area contributed by atoms with Crippen LogP contribution in [0.4, 0.5) is 0 Å². The van der Waals surface area contributed by atoms with E-state index in [1.54, 1.807) is 0 Å². The summed E-state index contributed by atoms with van der Waals surface area (Å²) >= 11 is 0.931. The van der Waals surface area contributed by atoms with E-state index in [1.165, 1.54) is 0 Å². The maximum absolute atomic E-state index is 5.45. The molecule has 0 aliphatic carbocycles. The van der Waals surface area contributed by atoms with E-state index < -0.39 is 0 Å². The van der Waals surface area contributed by atoms with Crippen LogP contribution < -0.4 is 48.1 Å².